The van der Waals surface area contributed by atoms with Gasteiger partial charge in [0, 0.05) is 6.07 Å². The summed E-state index contributed by atoms with van der Waals surface area (Å²) in [5.41, 5.74) is 1.27. The molecule has 0 fully saturated rings. The molecule has 1 unspecified atom stereocenters. The fourth-order valence-electron chi connectivity index (χ4n) is 2.64. The second-order valence-corrected chi connectivity index (χ2v) is 5.88. The average molecular weight is 368 g/mol. The fraction of sp³-hybridized carbons (Fsp3) is 0.238. The van der Waals surface area contributed by atoms with E-state index in [0.717, 1.165) is 11.3 Å². The van der Waals surface area contributed by atoms with Gasteiger partial charge in [0.25, 0.3) is 0 Å². The third-order valence-electron chi connectivity index (χ3n) is 3.98. The van der Waals surface area contributed by atoms with Gasteiger partial charge in [-0.1, -0.05) is 12.1 Å². The van der Waals surface area contributed by atoms with Crippen molar-refractivity contribution in [3.8, 4) is 17.2 Å². The van der Waals surface area contributed by atoms with Crippen LogP contribution in [-0.4, -0.2) is 31.6 Å². The number of allylic oxidation sites excluding steroid dienone is 1. The minimum atomic E-state index is -0.760. The van der Waals surface area contributed by atoms with Gasteiger partial charge in [-0.3, -0.25) is 4.79 Å². The molecule has 0 N–H and O–H groups in total. The molecule has 0 aromatic heterocycles. The lowest BCUT2D eigenvalue weighted by atomic mass is 10.1. The van der Waals surface area contributed by atoms with Crippen molar-refractivity contribution in [2.75, 3.05) is 13.7 Å². The van der Waals surface area contributed by atoms with Crippen molar-refractivity contribution in [3.63, 3.8) is 0 Å². The lowest BCUT2D eigenvalue weighted by molar-refractivity contribution is -0.147. The predicted octanol–water partition coefficient (Wildman–Crippen LogP) is 3.64. The first-order chi connectivity index (χ1) is 13.0. The number of Topliss-reactive ketones (excluding diaryl/α,β-unsaturated/α-hetero) is 1. The number of esters is 1. The first-order valence-electron chi connectivity index (χ1n) is 8.57. The standard InChI is InChI=1S/C21H20O6/c1-4-25-15-7-5-14(6-8-15)11-19-20(22)17-10-9-16(12-18(17)27-19)26-13(2)21(23)24-3/h5-13H,4H2,1-3H3/b19-11-. The molecule has 0 spiro atoms. The molecule has 6 heteroatoms. The van der Waals surface area contributed by atoms with Crippen LogP contribution in [0.2, 0.25) is 0 Å². The summed E-state index contributed by atoms with van der Waals surface area (Å²) in [6.07, 6.45) is 0.916. The van der Waals surface area contributed by atoms with Gasteiger partial charge in [0.1, 0.15) is 17.2 Å². The van der Waals surface area contributed by atoms with Crippen LogP contribution in [0.5, 0.6) is 17.2 Å². The maximum Gasteiger partial charge on any atom is 0.346 e. The zero-order chi connectivity index (χ0) is 19.4. The molecule has 27 heavy (non-hydrogen) atoms. The summed E-state index contributed by atoms with van der Waals surface area (Å²) in [5, 5.41) is 0. The first-order valence-corrected chi connectivity index (χ1v) is 8.57. The highest BCUT2D eigenvalue weighted by Gasteiger charge is 2.28. The molecular weight excluding hydrogens is 348 g/mol. The zero-order valence-corrected chi connectivity index (χ0v) is 15.4. The molecule has 1 heterocycles. The number of carbonyl (C=O) groups is 2. The quantitative estimate of drug-likeness (QED) is 0.573. The summed E-state index contributed by atoms with van der Waals surface area (Å²) in [5.74, 6) is 1.12. The first kappa shape index (κ1) is 18.5. The lowest BCUT2D eigenvalue weighted by Gasteiger charge is -2.12. The number of hydrogen-bond acceptors (Lipinski definition) is 6. The molecule has 2 aromatic carbocycles. The van der Waals surface area contributed by atoms with E-state index in [-0.39, 0.29) is 11.5 Å². The van der Waals surface area contributed by atoms with Crippen LogP contribution in [0.3, 0.4) is 0 Å². The summed E-state index contributed by atoms with van der Waals surface area (Å²) < 4.78 is 21.3. The second-order valence-electron chi connectivity index (χ2n) is 5.88. The Hall–Kier alpha value is -3.28. The lowest BCUT2D eigenvalue weighted by Crippen LogP contribution is -2.24. The molecule has 0 saturated heterocycles. The third kappa shape index (κ3) is 4.11. The molecule has 1 aliphatic heterocycles. The van der Waals surface area contributed by atoms with E-state index in [1.54, 1.807) is 31.2 Å². The fourth-order valence-corrected chi connectivity index (χ4v) is 2.64. The molecule has 0 amide bonds. The number of hydrogen-bond donors (Lipinski definition) is 0. The molecule has 0 aliphatic carbocycles. The molecule has 0 bridgehead atoms. The van der Waals surface area contributed by atoms with Crippen LogP contribution in [0.1, 0.15) is 29.8 Å². The van der Waals surface area contributed by atoms with Gasteiger partial charge in [-0.25, -0.2) is 4.79 Å². The van der Waals surface area contributed by atoms with E-state index in [9.17, 15) is 9.59 Å². The molecule has 0 saturated carbocycles. The summed E-state index contributed by atoms with van der Waals surface area (Å²) in [7, 11) is 1.30. The number of carbonyl (C=O) groups excluding carboxylic acids is 2. The van der Waals surface area contributed by atoms with Gasteiger partial charge >= 0.3 is 5.97 Å². The van der Waals surface area contributed by atoms with Crippen molar-refractivity contribution in [3.05, 3.63) is 59.4 Å². The van der Waals surface area contributed by atoms with Gasteiger partial charge in [0.15, 0.2) is 11.9 Å². The summed E-state index contributed by atoms with van der Waals surface area (Å²) in [6.45, 7) is 4.10. The second kappa shape index (κ2) is 7.95. The van der Waals surface area contributed by atoms with Gasteiger partial charge < -0.3 is 18.9 Å². The highest BCUT2D eigenvalue weighted by atomic mass is 16.6. The van der Waals surface area contributed by atoms with Crippen molar-refractivity contribution in [2.45, 2.75) is 20.0 Å². The highest BCUT2D eigenvalue weighted by molar-refractivity contribution is 6.14. The summed E-state index contributed by atoms with van der Waals surface area (Å²) >= 11 is 0. The minimum absolute atomic E-state index is 0.202. The van der Waals surface area contributed by atoms with Crippen LogP contribution in [0.25, 0.3) is 6.08 Å². The minimum Gasteiger partial charge on any atom is -0.494 e. The number of ketones is 1. The summed E-state index contributed by atoms with van der Waals surface area (Å²) in [4.78, 5) is 24.0. The van der Waals surface area contributed by atoms with Gasteiger partial charge in [-0.2, -0.15) is 0 Å². The Morgan fingerprint density at radius 2 is 1.85 bits per heavy atom. The van der Waals surface area contributed by atoms with Gasteiger partial charge in [0.05, 0.1) is 19.3 Å². The number of benzene rings is 2. The molecular formula is C21H20O6. The third-order valence-corrected chi connectivity index (χ3v) is 3.98. The Labute approximate surface area is 157 Å². The normalized spacial score (nSPS) is 15.1. The molecule has 140 valence electrons. The molecule has 1 aliphatic rings. The van der Waals surface area contributed by atoms with Crippen LogP contribution < -0.4 is 14.2 Å². The van der Waals surface area contributed by atoms with E-state index in [0.29, 0.717) is 23.7 Å². The van der Waals surface area contributed by atoms with Crippen LogP contribution in [-0.2, 0) is 9.53 Å². The van der Waals surface area contributed by atoms with Crippen molar-refractivity contribution in [1.29, 1.82) is 0 Å². The molecule has 3 rings (SSSR count). The maximum atomic E-state index is 12.5. The van der Waals surface area contributed by atoms with Crippen LogP contribution in [0.15, 0.2) is 48.2 Å². The van der Waals surface area contributed by atoms with Gasteiger partial charge in [0.2, 0.25) is 5.78 Å². The Kier molecular flexibility index (Phi) is 5.45. The number of ether oxygens (including phenoxy) is 4. The van der Waals surface area contributed by atoms with E-state index in [1.807, 2.05) is 31.2 Å². The number of methoxy groups -OCH3 is 1. The topological polar surface area (TPSA) is 71.1 Å². The van der Waals surface area contributed by atoms with Crippen molar-refractivity contribution in [2.24, 2.45) is 0 Å². The SMILES string of the molecule is CCOc1ccc(/C=C2\Oc3cc(OC(C)C(=O)OC)ccc3C2=O)cc1. The van der Waals surface area contributed by atoms with Crippen molar-refractivity contribution in [1.82, 2.24) is 0 Å². The summed E-state index contributed by atoms with van der Waals surface area (Å²) in [6, 6.07) is 12.2. The molecule has 1 atom stereocenters. The van der Waals surface area contributed by atoms with Crippen LogP contribution in [0.4, 0.5) is 0 Å². The number of rotatable bonds is 6. The monoisotopic (exact) mass is 368 g/mol. The van der Waals surface area contributed by atoms with Gasteiger partial charge in [-0.05, 0) is 49.8 Å². The van der Waals surface area contributed by atoms with E-state index in [1.165, 1.54) is 7.11 Å². The molecule has 0 radical (unpaired) electrons. The average Bonchev–Trinajstić information content (AvgIpc) is 2.97. The van der Waals surface area contributed by atoms with Crippen LogP contribution >= 0.6 is 0 Å². The van der Waals surface area contributed by atoms with E-state index in [4.69, 9.17) is 14.2 Å². The largest absolute Gasteiger partial charge is 0.494 e. The Balaban J connectivity index is 1.77. The van der Waals surface area contributed by atoms with E-state index < -0.39 is 12.1 Å². The molecule has 2 aromatic rings. The van der Waals surface area contributed by atoms with Gasteiger partial charge in [-0.15, -0.1) is 0 Å². The van der Waals surface area contributed by atoms with Crippen LogP contribution in [0, 0.1) is 0 Å². The Morgan fingerprint density at radius 3 is 2.52 bits per heavy atom. The number of fused-ring (bicyclic) bond motifs is 1. The Morgan fingerprint density at radius 1 is 1.15 bits per heavy atom. The maximum absolute atomic E-state index is 12.5. The Bertz CT molecular complexity index is 882. The smallest absolute Gasteiger partial charge is 0.346 e. The van der Waals surface area contributed by atoms with Crippen molar-refractivity contribution >= 4 is 17.8 Å². The van der Waals surface area contributed by atoms with E-state index >= 15 is 0 Å². The van der Waals surface area contributed by atoms with Crippen molar-refractivity contribution < 1.29 is 28.5 Å². The predicted molar refractivity (Wildman–Crippen MR) is 99.1 cm³/mol. The molecule has 6 nitrogen and oxygen atoms in total. The highest BCUT2D eigenvalue weighted by Crippen LogP contribution is 2.35. The zero-order valence-electron chi connectivity index (χ0n) is 15.4. The van der Waals surface area contributed by atoms with E-state index in [2.05, 4.69) is 4.74 Å².